The van der Waals surface area contributed by atoms with E-state index in [1.165, 1.54) is 6.07 Å². The van der Waals surface area contributed by atoms with E-state index in [0.29, 0.717) is 24.2 Å². The lowest BCUT2D eigenvalue weighted by Gasteiger charge is -2.21. The van der Waals surface area contributed by atoms with Crippen molar-refractivity contribution in [3.05, 3.63) is 35.1 Å². The zero-order valence-corrected chi connectivity index (χ0v) is 12.0. The highest BCUT2D eigenvalue weighted by Crippen LogP contribution is 2.19. The second-order valence-corrected chi connectivity index (χ2v) is 4.74. The predicted octanol–water partition coefficient (Wildman–Crippen LogP) is 2.53. The number of aliphatic hydroxyl groups excluding tert-OH is 1. The molecule has 0 radical (unpaired) electrons. The summed E-state index contributed by atoms with van der Waals surface area (Å²) in [5, 5.41) is 10.1. The molecule has 1 aromatic carbocycles. The molecule has 108 valence electrons. The molecule has 3 nitrogen and oxygen atoms in total. The fraction of sp³-hybridized carbons (Fsp3) is 0.600. The van der Waals surface area contributed by atoms with E-state index >= 15 is 0 Å². The minimum atomic E-state index is -0.619. The fourth-order valence-corrected chi connectivity index (χ4v) is 1.94. The van der Waals surface area contributed by atoms with Crippen LogP contribution in [-0.2, 0) is 4.74 Å². The highest BCUT2D eigenvalue weighted by atomic mass is 19.1. The number of hydrogen-bond donors (Lipinski definition) is 1. The van der Waals surface area contributed by atoms with Crippen molar-refractivity contribution < 1.29 is 14.2 Å². The van der Waals surface area contributed by atoms with Gasteiger partial charge in [0.15, 0.2) is 0 Å². The molecule has 19 heavy (non-hydrogen) atoms. The van der Waals surface area contributed by atoms with E-state index in [0.717, 1.165) is 19.6 Å². The summed E-state index contributed by atoms with van der Waals surface area (Å²) < 4.78 is 18.5. The van der Waals surface area contributed by atoms with Gasteiger partial charge in [-0.15, -0.1) is 0 Å². The van der Waals surface area contributed by atoms with E-state index in [9.17, 15) is 9.50 Å². The van der Waals surface area contributed by atoms with Crippen LogP contribution in [0.1, 0.15) is 30.6 Å². The van der Waals surface area contributed by atoms with Crippen LogP contribution in [0, 0.1) is 12.7 Å². The van der Waals surface area contributed by atoms with E-state index in [1.54, 1.807) is 26.2 Å². The van der Waals surface area contributed by atoms with Gasteiger partial charge in [-0.25, -0.2) is 4.39 Å². The molecule has 0 spiro atoms. The average molecular weight is 269 g/mol. The molecule has 0 amide bonds. The molecule has 0 aliphatic heterocycles. The summed E-state index contributed by atoms with van der Waals surface area (Å²) >= 11 is 0. The monoisotopic (exact) mass is 269 g/mol. The molecule has 4 heteroatoms. The van der Waals surface area contributed by atoms with Crippen LogP contribution in [-0.4, -0.2) is 43.4 Å². The van der Waals surface area contributed by atoms with Gasteiger partial charge in [0.05, 0.1) is 12.7 Å². The molecule has 0 bridgehead atoms. The first-order valence-corrected chi connectivity index (χ1v) is 6.73. The zero-order valence-electron chi connectivity index (χ0n) is 12.0. The lowest BCUT2D eigenvalue weighted by atomic mass is 10.0. The topological polar surface area (TPSA) is 32.7 Å². The van der Waals surface area contributed by atoms with Crippen LogP contribution in [0.2, 0.25) is 0 Å². The van der Waals surface area contributed by atoms with Crippen molar-refractivity contribution in [3.63, 3.8) is 0 Å². The van der Waals surface area contributed by atoms with Gasteiger partial charge in [0.25, 0.3) is 0 Å². The lowest BCUT2D eigenvalue weighted by Crippen LogP contribution is -2.29. The number of nitrogens with zero attached hydrogens (tertiary/aromatic N) is 1. The lowest BCUT2D eigenvalue weighted by molar-refractivity contribution is 0.120. The Morgan fingerprint density at radius 3 is 2.68 bits per heavy atom. The SMILES string of the molecule is CCN(CCOC)CCC(O)c1ccc(C)c(F)c1. The normalized spacial score (nSPS) is 12.9. The Hall–Kier alpha value is -0.970. The first-order chi connectivity index (χ1) is 9.08. The molecule has 1 rings (SSSR count). The van der Waals surface area contributed by atoms with Crippen LogP contribution < -0.4 is 0 Å². The van der Waals surface area contributed by atoms with Gasteiger partial charge >= 0.3 is 0 Å². The average Bonchev–Trinajstić information content (AvgIpc) is 2.41. The molecule has 1 N–H and O–H groups in total. The van der Waals surface area contributed by atoms with Crippen LogP contribution in [0.4, 0.5) is 4.39 Å². The molecule has 0 saturated heterocycles. The van der Waals surface area contributed by atoms with E-state index in [1.807, 2.05) is 0 Å². The highest BCUT2D eigenvalue weighted by Gasteiger charge is 2.11. The molecule has 1 atom stereocenters. The van der Waals surface area contributed by atoms with Gasteiger partial charge < -0.3 is 14.7 Å². The summed E-state index contributed by atoms with van der Waals surface area (Å²) in [6.45, 7) is 7.02. The molecule has 0 aliphatic carbocycles. The van der Waals surface area contributed by atoms with Crippen LogP contribution >= 0.6 is 0 Å². The second kappa shape index (κ2) is 8.25. The minimum absolute atomic E-state index is 0.261. The van der Waals surface area contributed by atoms with Gasteiger partial charge in [0.1, 0.15) is 5.82 Å². The van der Waals surface area contributed by atoms with Gasteiger partial charge in [-0.1, -0.05) is 19.1 Å². The number of likely N-dealkylation sites (N-methyl/N-ethyl adjacent to an activating group) is 1. The molecule has 0 heterocycles. The summed E-state index contributed by atoms with van der Waals surface area (Å²) in [5.41, 5.74) is 1.25. The second-order valence-electron chi connectivity index (χ2n) is 4.74. The van der Waals surface area contributed by atoms with Crippen molar-refractivity contribution in [1.29, 1.82) is 0 Å². The molecule has 1 aromatic rings. The summed E-state index contributed by atoms with van der Waals surface area (Å²) in [7, 11) is 1.68. The van der Waals surface area contributed by atoms with Crippen LogP contribution in [0.15, 0.2) is 18.2 Å². The Morgan fingerprint density at radius 2 is 2.11 bits per heavy atom. The number of rotatable bonds is 8. The summed E-state index contributed by atoms with van der Waals surface area (Å²) in [5.74, 6) is -0.261. The number of aliphatic hydroxyl groups is 1. The number of ether oxygens (including phenoxy) is 1. The van der Waals surface area contributed by atoms with Gasteiger partial charge in [0, 0.05) is 20.2 Å². The number of benzene rings is 1. The van der Waals surface area contributed by atoms with Crippen molar-refractivity contribution in [1.82, 2.24) is 4.90 Å². The maximum atomic E-state index is 13.4. The number of aryl methyl sites for hydroxylation is 1. The largest absolute Gasteiger partial charge is 0.388 e. The molecule has 0 aromatic heterocycles. The Bertz CT molecular complexity index is 384. The Morgan fingerprint density at radius 1 is 1.37 bits per heavy atom. The quantitative estimate of drug-likeness (QED) is 0.787. The molecular weight excluding hydrogens is 245 g/mol. The zero-order chi connectivity index (χ0) is 14.3. The standard InChI is InChI=1S/C15H24FNO2/c1-4-17(9-10-19-3)8-7-15(18)13-6-5-12(2)14(16)11-13/h5-6,11,15,18H,4,7-10H2,1-3H3. The Balaban J connectivity index is 2.49. The first-order valence-electron chi connectivity index (χ1n) is 6.73. The van der Waals surface area contributed by atoms with Gasteiger partial charge in [0.2, 0.25) is 0 Å². The first kappa shape index (κ1) is 16.1. The van der Waals surface area contributed by atoms with Gasteiger partial charge in [-0.05, 0) is 37.1 Å². The molecule has 0 fully saturated rings. The Labute approximate surface area is 115 Å². The van der Waals surface area contributed by atoms with E-state index in [-0.39, 0.29) is 5.82 Å². The molecular formula is C15H24FNO2. The minimum Gasteiger partial charge on any atom is -0.388 e. The van der Waals surface area contributed by atoms with Crippen molar-refractivity contribution in [3.8, 4) is 0 Å². The smallest absolute Gasteiger partial charge is 0.126 e. The Kier molecular flexibility index (Phi) is 6.99. The third-order valence-electron chi connectivity index (χ3n) is 3.36. The van der Waals surface area contributed by atoms with E-state index in [2.05, 4.69) is 11.8 Å². The molecule has 0 saturated carbocycles. The van der Waals surface area contributed by atoms with Crippen molar-refractivity contribution in [2.24, 2.45) is 0 Å². The van der Waals surface area contributed by atoms with E-state index in [4.69, 9.17) is 4.74 Å². The summed E-state index contributed by atoms with van der Waals surface area (Å²) in [6, 6.07) is 4.91. The number of methoxy groups -OCH3 is 1. The summed E-state index contributed by atoms with van der Waals surface area (Å²) in [6.07, 6.45) is -0.0215. The molecule has 0 aliphatic rings. The maximum Gasteiger partial charge on any atom is 0.126 e. The number of hydrogen-bond acceptors (Lipinski definition) is 3. The highest BCUT2D eigenvalue weighted by molar-refractivity contribution is 5.24. The number of halogens is 1. The third kappa shape index (κ3) is 5.27. The summed E-state index contributed by atoms with van der Waals surface area (Å²) in [4.78, 5) is 2.21. The molecule has 1 unspecified atom stereocenters. The van der Waals surface area contributed by atoms with Crippen LogP contribution in [0.25, 0.3) is 0 Å². The fourth-order valence-electron chi connectivity index (χ4n) is 1.94. The van der Waals surface area contributed by atoms with Crippen molar-refractivity contribution in [2.75, 3.05) is 33.4 Å². The predicted molar refractivity (Wildman–Crippen MR) is 74.7 cm³/mol. The third-order valence-corrected chi connectivity index (χ3v) is 3.36. The maximum absolute atomic E-state index is 13.4. The van der Waals surface area contributed by atoms with Crippen LogP contribution in [0.3, 0.4) is 0 Å². The van der Waals surface area contributed by atoms with Gasteiger partial charge in [-0.3, -0.25) is 0 Å². The van der Waals surface area contributed by atoms with Crippen LogP contribution in [0.5, 0.6) is 0 Å². The van der Waals surface area contributed by atoms with E-state index < -0.39 is 6.10 Å². The van der Waals surface area contributed by atoms with Crippen molar-refractivity contribution >= 4 is 0 Å². The van der Waals surface area contributed by atoms with Gasteiger partial charge in [-0.2, -0.15) is 0 Å². The van der Waals surface area contributed by atoms with Crippen molar-refractivity contribution in [2.45, 2.75) is 26.4 Å².